The largest absolute Gasteiger partial charge is 0.324 e. The molecular weight excluding hydrogens is 286 g/mol. The van der Waals surface area contributed by atoms with Crippen LogP contribution in [0.1, 0.15) is 25.7 Å². The molecule has 1 amide bonds. The maximum absolute atomic E-state index is 12.5. The number of aromatic nitrogens is 1. The van der Waals surface area contributed by atoms with Crippen molar-refractivity contribution in [3.8, 4) is 6.07 Å². The van der Waals surface area contributed by atoms with Crippen LogP contribution in [0.3, 0.4) is 0 Å². The number of halogens is 1. The summed E-state index contributed by atoms with van der Waals surface area (Å²) in [5, 5.41) is 14.3. The number of pyridine rings is 1. The number of fused-ring (bicyclic) bond motifs is 1. The first kappa shape index (κ1) is 13.8. The molecule has 1 N–H and O–H groups in total. The molecule has 1 aliphatic carbocycles. The zero-order valence-electron chi connectivity index (χ0n) is 11.4. The van der Waals surface area contributed by atoms with Crippen LogP contribution in [0.5, 0.6) is 0 Å². The third kappa shape index (κ3) is 2.34. The van der Waals surface area contributed by atoms with Gasteiger partial charge in [-0.2, -0.15) is 5.26 Å². The summed E-state index contributed by atoms with van der Waals surface area (Å²) in [4.78, 5) is 16.5. The van der Waals surface area contributed by atoms with Crippen molar-refractivity contribution in [3.63, 3.8) is 0 Å². The van der Waals surface area contributed by atoms with E-state index < -0.39 is 5.41 Å². The predicted molar refractivity (Wildman–Crippen MR) is 81.9 cm³/mol. The minimum absolute atomic E-state index is 0.220. The van der Waals surface area contributed by atoms with Gasteiger partial charge in [0.2, 0.25) is 5.91 Å². The topological polar surface area (TPSA) is 65.8 Å². The smallest absolute Gasteiger partial charge is 0.244 e. The summed E-state index contributed by atoms with van der Waals surface area (Å²) in [6.45, 7) is 0. The lowest BCUT2D eigenvalue weighted by Gasteiger charge is -2.20. The van der Waals surface area contributed by atoms with Crippen molar-refractivity contribution in [3.05, 3.63) is 35.6 Å². The van der Waals surface area contributed by atoms with Crippen LogP contribution in [0, 0.1) is 16.7 Å². The number of carbonyl (C=O) groups excluding carboxylic acids is 1. The summed E-state index contributed by atoms with van der Waals surface area (Å²) in [6.07, 6.45) is 4.71. The van der Waals surface area contributed by atoms with Gasteiger partial charge in [0.15, 0.2) is 0 Å². The van der Waals surface area contributed by atoms with Gasteiger partial charge in [-0.05, 0) is 25.0 Å². The Morgan fingerprint density at radius 2 is 2.05 bits per heavy atom. The summed E-state index contributed by atoms with van der Waals surface area (Å²) in [6, 6.07) is 9.51. The van der Waals surface area contributed by atoms with E-state index in [4.69, 9.17) is 11.6 Å². The zero-order valence-corrected chi connectivity index (χ0v) is 12.2. The van der Waals surface area contributed by atoms with E-state index in [-0.39, 0.29) is 5.91 Å². The third-order valence-electron chi connectivity index (χ3n) is 4.11. The van der Waals surface area contributed by atoms with Gasteiger partial charge >= 0.3 is 0 Å². The fourth-order valence-corrected chi connectivity index (χ4v) is 3.11. The number of nitriles is 1. The summed E-state index contributed by atoms with van der Waals surface area (Å²) in [7, 11) is 0. The summed E-state index contributed by atoms with van der Waals surface area (Å²) < 4.78 is 0. The Bertz CT molecular complexity index is 745. The number of nitrogens with one attached hydrogen (secondary N) is 1. The van der Waals surface area contributed by atoms with Crippen LogP contribution in [0.2, 0.25) is 5.15 Å². The van der Waals surface area contributed by atoms with Crippen LogP contribution < -0.4 is 5.32 Å². The highest BCUT2D eigenvalue weighted by Crippen LogP contribution is 2.39. The molecular formula is C16H14ClN3O. The molecule has 0 spiro atoms. The number of hydrogen-bond donors (Lipinski definition) is 1. The zero-order chi connectivity index (χ0) is 14.9. The number of hydrogen-bond acceptors (Lipinski definition) is 3. The molecule has 106 valence electrons. The molecule has 1 heterocycles. The van der Waals surface area contributed by atoms with E-state index in [9.17, 15) is 10.1 Å². The number of anilines is 1. The van der Waals surface area contributed by atoms with Gasteiger partial charge in [-0.1, -0.05) is 36.6 Å². The summed E-state index contributed by atoms with van der Waals surface area (Å²) >= 11 is 6.07. The Morgan fingerprint density at radius 3 is 2.76 bits per heavy atom. The average Bonchev–Trinajstić information content (AvgIpc) is 2.98. The quantitative estimate of drug-likeness (QED) is 0.855. The molecule has 2 aromatic rings. The Morgan fingerprint density at radius 1 is 1.29 bits per heavy atom. The predicted octanol–water partition coefficient (Wildman–Crippen LogP) is 3.91. The van der Waals surface area contributed by atoms with E-state index in [1.807, 2.05) is 24.3 Å². The summed E-state index contributed by atoms with van der Waals surface area (Å²) in [5.41, 5.74) is -0.220. The molecule has 1 aliphatic rings. The maximum atomic E-state index is 12.5. The van der Waals surface area contributed by atoms with Crippen LogP contribution in [0.4, 0.5) is 5.69 Å². The van der Waals surface area contributed by atoms with Crippen LogP contribution in [-0.2, 0) is 4.79 Å². The molecule has 0 saturated heterocycles. The second-order valence-electron chi connectivity index (χ2n) is 5.36. The van der Waals surface area contributed by atoms with Crippen molar-refractivity contribution < 1.29 is 4.79 Å². The van der Waals surface area contributed by atoms with Crippen LogP contribution in [-0.4, -0.2) is 10.9 Å². The van der Waals surface area contributed by atoms with Gasteiger partial charge in [-0.3, -0.25) is 4.79 Å². The van der Waals surface area contributed by atoms with Gasteiger partial charge in [0, 0.05) is 22.7 Å². The summed E-state index contributed by atoms with van der Waals surface area (Å²) in [5.74, 6) is -0.220. The van der Waals surface area contributed by atoms with Gasteiger partial charge in [0.1, 0.15) is 10.6 Å². The van der Waals surface area contributed by atoms with Gasteiger partial charge < -0.3 is 5.32 Å². The van der Waals surface area contributed by atoms with Crippen molar-refractivity contribution in [2.75, 3.05) is 5.32 Å². The molecule has 0 atom stereocenters. The van der Waals surface area contributed by atoms with E-state index in [2.05, 4.69) is 16.4 Å². The normalized spacial score (nSPS) is 16.6. The minimum Gasteiger partial charge on any atom is -0.324 e. The van der Waals surface area contributed by atoms with Crippen molar-refractivity contribution in [2.45, 2.75) is 25.7 Å². The lowest BCUT2D eigenvalue weighted by molar-refractivity contribution is -0.122. The number of nitrogens with zero attached hydrogens (tertiary/aromatic N) is 2. The van der Waals surface area contributed by atoms with E-state index in [0.717, 1.165) is 23.6 Å². The second-order valence-corrected chi connectivity index (χ2v) is 5.72. The molecule has 0 aliphatic heterocycles. The first-order chi connectivity index (χ1) is 10.2. The Kier molecular flexibility index (Phi) is 3.52. The molecule has 0 unspecified atom stereocenters. The molecule has 1 saturated carbocycles. The van der Waals surface area contributed by atoms with Gasteiger partial charge in [0.05, 0.1) is 6.07 Å². The lowest BCUT2D eigenvalue weighted by Crippen LogP contribution is -2.32. The molecule has 5 heteroatoms. The monoisotopic (exact) mass is 299 g/mol. The maximum Gasteiger partial charge on any atom is 0.244 e. The fraction of sp³-hybridized carbons (Fsp3) is 0.312. The second kappa shape index (κ2) is 5.34. The first-order valence-corrected chi connectivity index (χ1v) is 7.30. The van der Waals surface area contributed by atoms with Gasteiger partial charge in [-0.25, -0.2) is 4.98 Å². The van der Waals surface area contributed by atoms with Crippen LogP contribution in [0.15, 0.2) is 30.5 Å². The third-order valence-corrected chi connectivity index (χ3v) is 4.41. The number of rotatable bonds is 2. The molecule has 0 bridgehead atoms. The molecule has 4 nitrogen and oxygen atoms in total. The molecule has 1 fully saturated rings. The highest BCUT2D eigenvalue weighted by Gasteiger charge is 2.41. The minimum atomic E-state index is -0.890. The van der Waals surface area contributed by atoms with E-state index in [1.165, 1.54) is 0 Å². The standard InChI is InChI=1S/C16H14ClN3O/c17-14-12-4-3-5-13(11(12)6-9-19-14)20-15(21)16(10-18)7-1-2-8-16/h3-6,9H,1-2,7-8H2,(H,20,21). The molecule has 3 rings (SSSR count). The highest BCUT2D eigenvalue weighted by atomic mass is 35.5. The number of amides is 1. The van der Waals surface area contributed by atoms with Gasteiger partial charge in [-0.15, -0.1) is 0 Å². The number of benzene rings is 1. The van der Waals surface area contributed by atoms with Gasteiger partial charge in [0.25, 0.3) is 0 Å². The molecule has 0 radical (unpaired) electrons. The molecule has 1 aromatic carbocycles. The van der Waals surface area contributed by atoms with Crippen molar-refractivity contribution in [1.29, 1.82) is 5.26 Å². The van der Waals surface area contributed by atoms with Crippen LogP contribution >= 0.6 is 11.6 Å². The Hall–Kier alpha value is -2.12. The fourth-order valence-electron chi connectivity index (χ4n) is 2.89. The number of carbonyl (C=O) groups is 1. The molecule has 1 aromatic heterocycles. The highest BCUT2D eigenvalue weighted by molar-refractivity contribution is 6.34. The SMILES string of the molecule is N#CC1(C(=O)Nc2cccc3c(Cl)nccc23)CCCC1. The lowest BCUT2D eigenvalue weighted by atomic mass is 9.87. The van der Waals surface area contributed by atoms with Crippen molar-refractivity contribution in [1.82, 2.24) is 4.98 Å². The van der Waals surface area contributed by atoms with E-state index >= 15 is 0 Å². The van der Waals surface area contributed by atoms with E-state index in [0.29, 0.717) is 23.7 Å². The molecule has 21 heavy (non-hydrogen) atoms. The Labute approximate surface area is 127 Å². The van der Waals surface area contributed by atoms with Crippen molar-refractivity contribution in [2.24, 2.45) is 5.41 Å². The average molecular weight is 300 g/mol. The van der Waals surface area contributed by atoms with Crippen LogP contribution in [0.25, 0.3) is 10.8 Å². The Balaban J connectivity index is 1.97. The van der Waals surface area contributed by atoms with Crippen molar-refractivity contribution >= 4 is 34.0 Å². The first-order valence-electron chi connectivity index (χ1n) is 6.92. The van der Waals surface area contributed by atoms with E-state index in [1.54, 1.807) is 6.20 Å².